The van der Waals surface area contributed by atoms with Gasteiger partial charge in [0.25, 0.3) is 5.91 Å². The van der Waals surface area contributed by atoms with E-state index in [1.807, 2.05) is 0 Å². The van der Waals surface area contributed by atoms with Crippen molar-refractivity contribution in [3.05, 3.63) is 58.6 Å². The van der Waals surface area contributed by atoms with E-state index in [-0.39, 0.29) is 5.82 Å². The summed E-state index contributed by atoms with van der Waals surface area (Å²) in [5.74, 6) is -0.456. The maximum Gasteiger partial charge on any atom is 0.351 e. The molecule has 2 heterocycles. The molecule has 0 spiro atoms. The molecule has 0 saturated carbocycles. The highest BCUT2D eigenvalue weighted by Crippen LogP contribution is 2.27. The zero-order chi connectivity index (χ0) is 19.6. The summed E-state index contributed by atoms with van der Waals surface area (Å²) in [4.78, 5) is 28.1. The second kappa shape index (κ2) is 7.94. The van der Waals surface area contributed by atoms with Crippen molar-refractivity contribution in [1.82, 2.24) is 9.55 Å². The molecule has 3 rings (SSSR count). The van der Waals surface area contributed by atoms with Crippen molar-refractivity contribution >= 4 is 11.7 Å². The van der Waals surface area contributed by atoms with Gasteiger partial charge in [0.2, 0.25) is 0 Å². The summed E-state index contributed by atoms with van der Waals surface area (Å²) in [5, 5.41) is 41.4. The summed E-state index contributed by atoms with van der Waals surface area (Å²) >= 11 is 0. The van der Waals surface area contributed by atoms with Crippen molar-refractivity contribution in [2.45, 2.75) is 30.6 Å². The van der Waals surface area contributed by atoms with Gasteiger partial charge in [-0.3, -0.25) is 9.36 Å². The molecule has 0 aliphatic carbocycles. The van der Waals surface area contributed by atoms with Crippen LogP contribution in [0.1, 0.15) is 16.6 Å². The first-order valence-corrected chi connectivity index (χ1v) is 8.18. The molecule has 2 aromatic rings. The average Bonchev–Trinajstić information content (AvgIpc) is 2.68. The topological polar surface area (TPSA) is 154 Å². The fraction of sp³-hybridized carbons (Fsp3) is 0.353. The van der Waals surface area contributed by atoms with Crippen LogP contribution in [0, 0.1) is 0 Å². The van der Waals surface area contributed by atoms with E-state index in [0.29, 0.717) is 5.56 Å². The van der Waals surface area contributed by atoms with Gasteiger partial charge in [-0.25, -0.2) is 4.79 Å². The molecule has 0 radical (unpaired) electrons. The third-order valence-electron chi connectivity index (χ3n) is 4.25. The Morgan fingerprint density at radius 1 is 1.11 bits per heavy atom. The number of carbonyl (C=O) groups excluding carboxylic acids is 1. The standard InChI is InChI=1S/C17H19N3O7/c21-8-10-12(22)13(23)14(24)16(27-10)20-7-6-11(19-17(20)26)18-15(25)9-4-2-1-3-5-9/h1-7,10,12-14,16,21-24H,8H2,(H,18,19,25,26)/t10-,12-,13+,14-,16-/m1/s1/i7+1,8+1,10+1,12+1,13+1,14+1,16+1,18+1,19+1,20+1. The van der Waals surface area contributed by atoms with E-state index in [4.69, 9.17) is 4.74 Å². The van der Waals surface area contributed by atoms with Crippen molar-refractivity contribution in [3.63, 3.8) is 0 Å². The summed E-state index contributed by atoms with van der Waals surface area (Å²) < 4.78 is 6.22. The van der Waals surface area contributed by atoms with E-state index in [9.17, 15) is 30.0 Å². The second-order valence-corrected chi connectivity index (χ2v) is 6.04. The number of hydrogen-bond acceptors (Lipinski definition) is 8. The minimum Gasteiger partial charge on any atom is -0.394 e. The minimum absolute atomic E-state index is 0.00491. The molecule has 144 valence electrons. The van der Waals surface area contributed by atoms with Gasteiger partial charge >= 0.3 is 5.69 Å². The lowest BCUT2D eigenvalue weighted by atomic mass is 10.2. The van der Waals surface area contributed by atoms with Gasteiger partial charge in [0, 0.05) is 11.8 Å². The highest BCUT2D eigenvalue weighted by atomic mass is 16.8. The number of aromatic nitrogens is 2. The summed E-state index contributed by atoms with van der Waals surface area (Å²) in [5.41, 5.74) is -0.470. The first kappa shape index (κ1) is 19.1. The van der Waals surface area contributed by atoms with Gasteiger partial charge < -0.3 is 30.5 Å². The summed E-state index contributed by atoms with van der Waals surface area (Å²) in [6, 6.07) is 9.67. The van der Waals surface area contributed by atoms with Crippen LogP contribution < -0.4 is 11.0 Å². The molecule has 10 nitrogen and oxygen atoms in total. The number of anilines is 1. The monoisotopic (exact) mass is 387 g/mol. The number of hydrogen-bond donors (Lipinski definition) is 5. The van der Waals surface area contributed by atoms with Crippen molar-refractivity contribution in [3.8, 4) is 0 Å². The number of benzene rings is 1. The predicted molar refractivity (Wildman–Crippen MR) is 91.9 cm³/mol. The van der Waals surface area contributed by atoms with E-state index in [1.54, 1.807) is 30.3 Å². The van der Waals surface area contributed by atoms with Gasteiger partial charge in [-0.1, -0.05) is 18.2 Å². The number of nitrogens with one attached hydrogen (secondary N) is 1. The SMILES string of the molecule is O=C([15NH]c1c[13cH][15n]([13C@@H]2O[13C@H]([13CH2]O)[13C@@H](O)[13C@H](O)[13C@H]2O)c(=O)[15n]1)c1ccccc1. The number of amides is 1. The lowest BCUT2D eigenvalue weighted by Crippen LogP contribution is -2.57. The van der Waals surface area contributed by atoms with Crippen LogP contribution in [0.2, 0.25) is 0 Å². The molecule has 5 atom stereocenters. The number of aliphatic hydroxyl groups excluding tert-OH is 4. The van der Waals surface area contributed by atoms with Crippen molar-refractivity contribution in [1.29, 1.82) is 0 Å². The van der Waals surface area contributed by atoms with Crippen LogP contribution in [0.25, 0.3) is 0 Å². The Morgan fingerprint density at radius 2 is 1.81 bits per heavy atom. The molecule has 1 aromatic carbocycles. The fourth-order valence-electron chi connectivity index (χ4n) is 2.77. The van der Waals surface area contributed by atoms with E-state index in [0.717, 1.165) is 4.57 Å². The maximum absolute atomic E-state index is 12.3. The fourth-order valence-corrected chi connectivity index (χ4v) is 2.77. The lowest BCUT2D eigenvalue weighted by molar-refractivity contribution is -0.252. The molecule has 1 saturated heterocycles. The zero-order valence-electron chi connectivity index (χ0n) is 14.0. The van der Waals surface area contributed by atoms with E-state index in [1.165, 1.54) is 12.3 Å². The van der Waals surface area contributed by atoms with Gasteiger partial charge in [0.05, 0.1) is 6.61 Å². The molecule has 1 fully saturated rings. The highest BCUT2D eigenvalue weighted by Gasteiger charge is 2.44. The normalized spacial score (nSPS) is 27.9. The number of ether oxygens (including phenoxy) is 1. The maximum atomic E-state index is 12.3. The van der Waals surface area contributed by atoms with Crippen molar-refractivity contribution < 1.29 is 30.0 Å². The van der Waals surface area contributed by atoms with E-state index >= 15 is 0 Å². The minimum atomic E-state index is -1.62. The first-order chi connectivity index (χ1) is 12.9. The number of carbonyl (C=O) groups is 1. The molecule has 0 unspecified atom stereocenters. The molecule has 0 bridgehead atoms. The Kier molecular flexibility index (Phi) is 5.63. The Bertz CT molecular complexity index is 855. The average molecular weight is 387 g/mol. The molecule has 1 amide bonds. The third-order valence-corrected chi connectivity index (χ3v) is 4.25. The van der Waals surface area contributed by atoms with E-state index < -0.39 is 48.8 Å². The van der Waals surface area contributed by atoms with Gasteiger partial charge in [0.15, 0.2) is 6.23 Å². The highest BCUT2D eigenvalue weighted by molar-refractivity contribution is 6.03. The number of nitrogens with zero attached hydrogens (tertiary/aromatic N) is 2. The van der Waals surface area contributed by atoms with Gasteiger partial charge in [0.1, 0.15) is 30.2 Å². The quantitative estimate of drug-likeness (QED) is 0.313. The van der Waals surface area contributed by atoms with Gasteiger partial charge in [-0.15, -0.1) is 0 Å². The molecule has 27 heavy (non-hydrogen) atoms. The number of rotatable bonds is 4. The van der Waals surface area contributed by atoms with Crippen LogP contribution in [-0.2, 0) is 4.74 Å². The Labute approximate surface area is 153 Å². The Hall–Kier alpha value is -2.63. The largest absolute Gasteiger partial charge is 0.394 e. The first-order valence-electron chi connectivity index (χ1n) is 8.18. The van der Waals surface area contributed by atoms with Crippen LogP contribution in [0.4, 0.5) is 5.82 Å². The Morgan fingerprint density at radius 3 is 2.44 bits per heavy atom. The predicted octanol–water partition coefficient (Wildman–Crippen LogP) is -1.53. The van der Waals surface area contributed by atoms with E-state index in [2.05, 4.69) is 10.3 Å². The van der Waals surface area contributed by atoms with Crippen molar-refractivity contribution in [2.75, 3.05) is 11.9 Å². The molecule has 1 aromatic heterocycles. The second-order valence-electron chi connectivity index (χ2n) is 6.04. The van der Waals surface area contributed by atoms with Gasteiger partial charge in [-0.05, 0) is 18.2 Å². The number of aliphatic hydroxyl groups is 4. The Balaban J connectivity index is 1.80. The van der Waals surface area contributed by atoms with Crippen LogP contribution >= 0.6 is 0 Å². The molecule has 1 aliphatic heterocycles. The summed E-state index contributed by atoms with van der Waals surface area (Å²) in [6.07, 6.45) is -6.06. The molecular weight excluding hydrogens is 368 g/mol. The van der Waals surface area contributed by atoms with Crippen molar-refractivity contribution in [2.24, 2.45) is 0 Å². The molecular formula is C17H19N3O7. The molecule has 1 aliphatic rings. The summed E-state index contributed by atoms with van der Waals surface area (Å²) in [7, 11) is 0. The van der Waals surface area contributed by atoms with Gasteiger partial charge in [-0.2, -0.15) is 4.98 Å². The molecule has 5 N–H and O–H groups in total. The van der Waals surface area contributed by atoms with Crippen LogP contribution in [0.3, 0.4) is 0 Å². The van der Waals surface area contributed by atoms with Crippen LogP contribution in [0.5, 0.6) is 0 Å². The van der Waals surface area contributed by atoms with Crippen LogP contribution in [0.15, 0.2) is 47.4 Å². The lowest BCUT2D eigenvalue weighted by Gasteiger charge is -2.40. The van der Waals surface area contributed by atoms with Crippen LogP contribution in [-0.4, -0.2) is 66.9 Å². The summed E-state index contributed by atoms with van der Waals surface area (Å²) in [6.45, 7) is -0.616. The third kappa shape index (κ3) is 3.89. The molecule has 10 heteroatoms. The smallest absolute Gasteiger partial charge is 0.351 e. The zero-order valence-corrected chi connectivity index (χ0v) is 14.0.